The summed E-state index contributed by atoms with van der Waals surface area (Å²) in [6, 6.07) is 1.15. The van der Waals surface area contributed by atoms with Crippen molar-refractivity contribution in [1.29, 1.82) is 0 Å². The Balaban J connectivity index is 1.98. The number of nitrogens with one attached hydrogen (secondary N) is 1. The Morgan fingerprint density at radius 3 is 3.21 bits per heavy atom. The Hall–Kier alpha value is -1.38. The number of hydrogen-bond donors (Lipinski definition) is 2. The van der Waals surface area contributed by atoms with E-state index in [-0.39, 0.29) is 5.56 Å². The van der Waals surface area contributed by atoms with Crippen molar-refractivity contribution in [3.63, 3.8) is 0 Å². The predicted octanol–water partition coefficient (Wildman–Crippen LogP) is 0.718. The van der Waals surface area contributed by atoms with E-state index in [9.17, 15) is 9.59 Å². The lowest BCUT2D eigenvalue weighted by molar-refractivity contribution is -0.141. The average Bonchev–Trinajstić information content (AvgIpc) is 2.86. The molecule has 2 aromatic rings. The lowest BCUT2D eigenvalue weighted by atomic mass is 10.4. The molecule has 0 spiro atoms. The second kappa shape index (κ2) is 6.18. The highest BCUT2D eigenvalue weighted by Crippen LogP contribution is 2.16. The molecule has 1 atom stereocenters. The van der Waals surface area contributed by atoms with E-state index < -0.39 is 12.0 Å². The summed E-state index contributed by atoms with van der Waals surface area (Å²) < 4.78 is 5.16. The van der Waals surface area contributed by atoms with Crippen molar-refractivity contribution >= 4 is 39.3 Å². The Morgan fingerprint density at radius 2 is 2.47 bits per heavy atom. The highest BCUT2D eigenvalue weighted by molar-refractivity contribution is 7.98. The molecule has 2 heterocycles. The van der Waals surface area contributed by atoms with Gasteiger partial charge in [-0.25, -0.2) is 4.98 Å². The normalized spacial score (nSPS) is 12.5. The number of esters is 1. The van der Waals surface area contributed by atoms with Crippen molar-refractivity contribution in [2.75, 3.05) is 12.9 Å². The largest absolute Gasteiger partial charge is 0.468 e. The van der Waals surface area contributed by atoms with E-state index >= 15 is 0 Å². The maximum Gasteiger partial charge on any atom is 0.323 e. The number of fused-ring (bicyclic) bond motifs is 1. The van der Waals surface area contributed by atoms with Crippen LogP contribution in [-0.4, -0.2) is 34.8 Å². The van der Waals surface area contributed by atoms with Crippen LogP contribution in [0.15, 0.2) is 16.2 Å². The van der Waals surface area contributed by atoms with E-state index in [1.54, 1.807) is 0 Å². The molecule has 0 bridgehead atoms. The van der Waals surface area contributed by atoms with E-state index in [1.807, 2.05) is 11.4 Å². The van der Waals surface area contributed by atoms with Gasteiger partial charge in [0, 0.05) is 5.75 Å². The van der Waals surface area contributed by atoms with Gasteiger partial charge in [-0.1, -0.05) is 0 Å². The molecule has 6 nitrogen and oxygen atoms in total. The second-order valence-corrected chi connectivity index (χ2v) is 5.74. The molecule has 19 heavy (non-hydrogen) atoms. The number of hydrogen-bond acceptors (Lipinski definition) is 7. The van der Waals surface area contributed by atoms with Gasteiger partial charge in [-0.05, 0) is 11.4 Å². The third kappa shape index (κ3) is 3.34. The topological polar surface area (TPSA) is 98.1 Å². The standard InChI is InChI=1S/C11H13N3O3S2/c1-17-11(16)6(12)4-18-5-8-13-7-2-3-19-9(7)10(15)14-8/h2-3,6H,4-5,12H2,1H3,(H,13,14,15). The van der Waals surface area contributed by atoms with Crippen LogP contribution in [0, 0.1) is 0 Å². The highest BCUT2D eigenvalue weighted by atomic mass is 32.2. The van der Waals surface area contributed by atoms with Gasteiger partial charge in [0.15, 0.2) is 0 Å². The summed E-state index contributed by atoms with van der Waals surface area (Å²) in [5, 5.41) is 1.83. The fourth-order valence-corrected chi connectivity index (χ4v) is 3.06. The number of H-pyrrole nitrogens is 1. The highest BCUT2D eigenvalue weighted by Gasteiger charge is 2.13. The summed E-state index contributed by atoms with van der Waals surface area (Å²) in [6.45, 7) is 0. The summed E-state index contributed by atoms with van der Waals surface area (Å²) in [6.07, 6.45) is 0. The molecule has 8 heteroatoms. The van der Waals surface area contributed by atoms with Gasteiger partial charge in [-0.2, -0.15) is 11.8 Å². The van der Waals surface area contributed by atoms with Crippen LogP contribution >= 0.6 is 23.1 Å². The van der Waals surface area contributed by atoms with Crippen molar-refractivity contribution in [3.8, 4) is 0 Å². The van der Waals surface area contributed by atoms with Gasteiger partial charge >= 0.3 is 5.97 Å². The zero-order chi connectivity index (χ0) is 13.8. The maximum atomic E-state index is 11.7. The number of nitrogens with zero attached hydrogens (tertiary/aromatic N) is 1. The molecule has 0 aliphatic heterocycles. The van der Waals surface area contributed by atoms with Gasteiger partial charge in [0.1, 0.15) is 16.6 Å². The van der Waals surface area contributed by atoms with Gasteiger partial charge < -0.3 is 15.5 Å². The lowest BCUT2D eigenvalue weighted by Crippen LogP contribution is -2.33. The van der Waals surface area contributed by atoms with Crippen molar-refractivity contribution in [2.45, 2.75) is 11.8 Å². The number of carbonyl (C=O) groups is 1. The van der Waals surface area contributed by atoms with Gasteiger partial charge in [-0.15, -0.1) is 11.3 Å². The zero-order valence-corrected chi connectivity index (χ0v) is 11.8. The van der Waals surface area contributed by atoms with Crippen molar-refractivity contribution in [3.05, 3.63) is 27.6 Å². The number of thiophene rings is 1. The summed E-state index contributed by atoms with van der Waals surface area (Å²) in [5.74, 6) is 1.05. The molecule has 3 N–H and O–H groups in total. The van der Waals surface area contributed by atoms with Crippen LogP contribution in [0.3, 0.4) is 0 Å². The number of carbonyl (C=O) groups excluding carboxylic acids is 1. The van der Waals surface area contributed by atoms with Crippen LogP contribution < -0.4 is 11.3 Å². The van der Waals surface area contributed by atoms with E-state index in [0.29, 0.717) is 27.5 Å². The third-order valence-corrected chi connectivity index (χ3v) is 4.38. The molecule has 0 saturated heterocycles. The minimum Gasteiger partial charge on any atom is -0.468 e. The monoisotopic (exact) mass is 299 g/mol. The van der Waals surface area contributed by atoms with Crippen LogP contribution in [-0.2, 0) is 15.3 Å². The number of rotatable bonds is 5. The molecule has 2 aromatic heterocycles. The Morgan fingerprint density at radius 1 is 1.68 bits per heavy atom. The van der Waals surface area contributed by atoms with E-state index in [2.05, 4.69) is 14.7 Å². The molecular formula is C11H13N3O3S2. The first kappa shape index (κ1) is 14.0. The minimum absolute atomic E-state index is 0.132. The molecule has 2 rings (SSSR count). The first-order valence-corrected chi connectivity index (χ1v) is 7.53. The number of aromatic amines is 1. The van der Waals surface area contributed by atoms with E-state index in [1.165, 1.54) is 30.2 Å². The molecule has 0 fully saturated rings. The summed E-state index contributed by atoms with van der Waals surface area (Å²) in [7, 11) is 1.30. The van der Waals surface area contributed by atoms with E-state index in [0.717, 1.165) is 0 Å². The van der Waals surface area contributed by atoms with Crippen LogP contribution in [0.1, 0.15) is 5.82 Å². The van der Waals surface area contributed by atoms with Crippen LogP contribution in [0.5, 0.6) is 0 Å². The zero-order valence-electron chi connectivity index (χ0n) is 10.2. The van der Waals surface area contributed by atoms with Gasteiger partial charge in [0.25, 0.3) is 5.56 Å². The van der Waals surface area contributed by atoms with Crippen molar-refractivity contribution < 1.29 is 9.53 Å². The van der Waals surface area contributed by atoms with Crippen LogP contribution in [0.25, 0.3) is 10.2 Å². The molecule has 1 unspecified atom stereocenters. The molecule has 0 amide bonds. The molecule has 0 radical (unpaired) electrons. The van der Waals surface area contributed by atoms with E-state index in [4.69, 9.17) is 5.73 Å². The SMILES string of the molecule is COC(=O)C(N)CSCc1nc2ccsc2c(=O)[nH]1. The predicted molar refractivity (Wildman–Crippen MR) is 76.4 cm³/mol. The first-order chi connectivity index (χ1) is 9.11. The molecule has 0 saturated carbocycles. The van der Waals surface area contributed by atoms with Crippen LogP contribution in [0.2, 0.25) is 0 Å². The third-order valence-electron chi connectivity index (χ3n) is 2.40. The van der Waals surface area contributed by atoms with Crippen molar-refractivity contribution in [1.82, 2.24) is 9.97 Å². The minimum atomic E-state index is -0.661. The number of nitrogens with two attached hydrogens (primary N) is 1. The number of thioether (sulfide) groups is 1. The summed E-state index contributed by atoms with van der Waals surface area (Å²) in [5.41, 5.74) is 6.17. The molecule has 0 aromatic carbocycles. The number of ether oxygens (including phenoxy) is 1. The number of aromatic nitrogens is 2. The van der Waals surface area contributed by atoms with Gasteiger partial charge in [-0.3, -0.25) is 9.59 Å². The second-order valence-electron chi connectivity index (χ2n) is 3.79. The van der Waals surface area contributed by atoms with Crippen molar-refractivity contribution in [2.24, 2.45) is 5.73 Å². The average molecular weight is 299 g/mol. The molecule has 102 valence electrons. The Bertz CT molecular complexity index is 637. The fourth-order valence-electron chi connectivity index (χ4n) is 1.49. The summed E-state index contributed by atoms with van der Waals surface area (Å²) in [4.78, 5) is 29.9. The van der Waals surface area contributed by atoms with Gasteiger partial charge in [0.2, 0.25) is 0 Å². The Labute approximate surface area is 117 Å². The molecule has 0 aliphatic carbocycles. The fraction of sp³-hybridized carbons (Fsp3) is 0.364. The molecular weight excluding hydrogens is 286 g/mol. The summed E-state index contributed by atoms with van der Waals surface area (Å²) >= 11 is 2.79. The quantitative estimate of drug-likeness (QED) is 0.789. The lowest BCUT2D eigenvalue weighted by Gasteiger charge is -2.08. The Kier molecular flexibility index (Phi) is 4.56. The van der Waals surface area contributed by atoms with Crippen LogP contribution in [0.4, 0.5) is 0 Å². The molecule has 0 aliphatic rings. The smallest absolute Gasteiger partial charge is 0.323 e. The maximum absolute atomic E-state index is 11.7. The van der Waals surface area contributed by atoms with Gasteiger partial charge in [0.05, 0.1) is 18.4 Å². The first-order valence-electron chi connectivity index (χ1n) is 5.49. The number of methoxy groups -OCH3 is 1.